The molecule has 3 heterocycles. The second kappa shape index (κ2) is 8.51. The molecule has 2 atom stereocenters. The highest BCUT2D eigenvalue weighted by Crippen LogP contribution is 2.33. The average molecular weight is 426 g/mol. The first-order valence-corrected chi connectivity index (χ1v) is 11.2. The third-order valence-electron chi connectivity index (χ3n) is 6.45. The number of aliphatic hydroxyl groups excluding tert-OH is 1. The van der Waals surface area contributed by atoms with E-state index in [2.05, 4.69) is 20.4 Å². The van der Waals surface area contributed by atoms with Crippen molar-refractivity contribution in [3.8, 4) is 11.5 Å². The monoisotopic (exact) mass is 425 g/mol. The van der Waals surface area contributed by atoms with Crippen LogP contribution in [0.3, 0.4) is 0 Å². The van der Waals surface area contributed by atoms with Crippen molar-refractivity contribution >= 4 is 16.7 Å². The summed E-state index contributed by atoms with van der Waals surface area (Å²) in [6.07, 6.45) is 6.55. The van der Waals surface area contributed by atoms with Crippen LogP contribution in [0.1, 0.15) is 44.3 Å². The van der Waals surface area contributed by atoms with Crippen LogP contribution in [0.5, 0.6) is 0 Å². The zero-order chi connectivity index (χ0) is 21.4. The van der Waals surface area contributed by atoms with E-state index in [0.717, 1.165) is 13.0 Å². The van der Waals surface area contributed by atoms with Crippen LogP contribution in [0.4, 0.5) is 10.2 Å². The van der Waals surface area contributed by atoms with Gasteiger partial charge >= 0.3 is 0 Å². The lowest BCUT2D eigenvalue weighted by atomic mass is 9.92. The lowest BCUT2D eigenvalue weighted by Gasteiger charge is -2.39. The first-order chi connectivity index (χ1) is 15.1. The second-order valence-electron chi connectivity index (χ2n) is 8.75. The normalized spacial score (nSPS) is 22.9. The molecular weight excluding hydrogens is 397 g/mol. The molecule has 0 amide bonds. The van der Waals surface area contributed by atoms with Gasteiger partial charge < -0.3 is 19.8 Å². The molecule has 0 radical (unpaired) electrons. The molecule has 1 aliphatic heterocycles. The van der Waals surface area contributed by atoms with Crippen LogP contribution in [0, 0.1) is 12.7 Å². The van der Waals surface area contributed by atoms with Crippen molar-refractivity contribution in [1.29, 1.82) is 0 Å². The molecule has 164 valence electrons. The summed E-state index contributed by atoms with van der Waals surface area (Å²) in [4.78, 5) is 11.2. The van der Waals surface area contributed by atoms with Gasteiger partial charge in [-0.15, -0.1) is 0 Å². The SMILES string of the molecule is Cc1noc(-c2cc3cc(F)ccc3nc2N2CC[C@@H](NC3CCCCC3)[C@H](O)C2)n1. The molecule has 0 bridgehead atoms. The Labute approximate surface area is 180 Å². The average Bonchev–Trinajstić information content (AvgIpc) is 3.21. The van der Waals surface area contributed by atoms with Crippen molar-refractivity contribution in [3.05, 3.63) is 35.9 Å². The number of fused-ring (bicyclic) bond motifs is 1. The lowest BCUT2D eigenvalue weighted by Crippen LogP contribution is -2.55. The fourth-order valence-electron chi connectivity index (χ4n) is 4.83. The first kappa shape index (κ1) is 20.3. The molecule has 2 fully saturated rings. The number of nitrogens with one attached hydrogen (secondary N) is 1. The number of β-amino-alcohol motifs (C(OH)–C–C–N with tert-alkyl or cyclic N) is 1. The minimum Gasteiger partial charge on any atom is -0.390 e. The van der Waals surface area contributed by atoms with Gasteiger partial charge in [-0.25, -0.2) is 9.37 Å². The number of aromatic nitrogens is 3. The van der Waals surface area contributed by atoms with E-state index in [4.69, 9.17) is 9.51 Å². The van der Waals surface area contributed by atoms with Crippen LogP contribution in [0.25, 0.3) is 22.4 Å². The minimum atomic E-state index is -0.501. The predicted molar refractivity (Wildman–Crippen MR) is 116 cm³/mol. The van der Waals surface area contributed by atoms with Crippen molar-refractivity contribution < 1.29 is 14.0 Å². The fourth-order valence-corrected chi connectivity index (χ4v) is 4.83. The molecule has 0 unspecified atom stereocenters. The van der Waals surface area contributed by atoms with Crippen LogP contribution in [0.15, 0.2) is 28.8 Å². The maximum Gasteiger partial charge on any atom is 0.261 e. The highest BCUT2D eigenvalue weighted by Gasteiger charge is 2.32. The molecule has 1 saturated carbocycles. The summed E-state index contributed by atoms with van der Waals surface area (Å²) in [5.74, 6) is 1.23. The van der Waals surface area contributed by atoms with Gasteiger partial charge in [-0.1, -0.05) is 24.4 Å². The maximum absolute atomic E-state index is 13.8. The van der Waals surface area contributed by atoms with Crippen molar-refractivity contribution in [3.63, 3.8) is 0 Å². The predicted octanol–water partition coefficient (Wildman–Crippen LogP) is 3.59. The molecular formula is C23H28FN5O2. The Morgan fingerprint density at radius 1 is 1.13 bits per heavy atom. The second-order valence-corrected chi connectivity index (χ2v) is 8.75. The van der Waals surface area contributed by atoms with Gasteiger partial charge in [0.2, 0.25) is 0 Å². The summed E-state index contributed by atoms with van der Waals surface area (Å²) in [5, 5.41) is 19.2. The van der Waals surface area contributed by atoms with E-state index in [1.54, 1.807) is 13.0 Å². The van der Waals surface area contributed by atoms with Crippen LogP contribution in [-0.4, -0.2) is 51.5 Å². The number of hydrogen-bond acceptors (Lipinski definition) is 7. The number of aryl methyl sites for hydroxylation is 1. The first-order valence-electron chi connectivity index (χ1n) is 11.2. The van der Waals surface area contributed by atoms with E-state index in [1.807, 2.05) is 6.07 Å². The highest BCUT2D eigenvalue weighted by molar-refractivity contribution is 5.88. The summed E-state index contributed by atoms with van der Waals surface area (Å²) in [6.45, 7) is 2.97. The van der Waals surface area contributed by atoms with Crippen LogP contribution >= 0.6 is 0 Å². The smallest absolute Gasteiger partial charge is 0.261 e. The molecule has 2 N–H and O–H groups in total. The maximum atomic E-state index is 13.8. The molecule has 7 nitrogen and oxygen atoms in total. The Kier molecular flexibility index (Phi) is 5.58. The number of rotatable bonds is 4. The standard InChI is InChI=1S/C23H28FN5O2/c1-14-25-23(31-28-14)18-12-15-11-16(24)7-8-19(15)27-22(18)29-10-9-20(21(30)13-29)26-17-5-3-2-4-6-17/h7-8,11-12,17,20-21,26,30H,2-6,9-10,13H2,1H3/t20-,21-/m1/s1. The largest absolute Gasteiger partial charge is 0.390 e. The van der Waals surface area contributed by atoms with Crippen LogP contribution in [0.2, 0.25) is 0 Å². The molecule has 5 rings (SSSR count). The topological polar surface area (TPSA) is 87.3 Å². The van der Waals surface area contributed by atoms with Gasteiger partial charge in [-0.2, -0.15) is 4.98 Å². The quantitative estimate of drug-likeness (QED) is 0.660. The fraction of sp³-hybridized carbons (Fsp3) is 0.522. The Bertz CT molecular complexity index is 1070. The van der Waals surface area contributed by atoms with Gasteiger partial charge in [0.15, 0.2) is 5.82 Å². The van der Waals surface area contributed by atoms with Crippen molar-refractivity contribution in [1.82, 2.24) is 20.4 Å². The van der Waals surface area contributed by atoms with Gasteiger partial charge in [0, 0.05) is 30.6 Å². The molecule has 8 heteroatoms. The van der Waals surface area contributed by atoms with E-state index in [0.29, 0.717) is 46.6 Å². The van der Waals surface area contributed by atoms with Crippen molar-refractivity contribution in [2.24, 2.45) is 0 Å². The summed E-state index contributed by atoms with van der Waals surface area (Å²) in [6, 6.07) is 6.96. The number of halogens is 1. The van der Waals surface area contributed by atoms with Crippen LogP contribution < -0.4 is 10.2 Å². The number of pyridine rings is 1. The zero-order valence-corrected chi connectivity index (χ0v) is 17.7. The number of aliphatic hydroxyl groups is 1. The van der Waals surface area contributed by atoms with Gasteiger partial charge in [-0.05, 0) is 50.5 Å². The van der Waals surface area contributed by atoms with Gasteiger partial charge in [0.1, 0.15) is 11.6 Å². The Hall–Kier alpha value is -2.58. The molecule has 1 saturated heterocycles. The molecule has 3 aromatic rings. The van der Waals surface area contributed by atoms with Gasteiger partial charge in [0.25, 0.3) is 5.89 Å². The molecule has 2 aromatic heterocycles. The summed E-state index contributed by atoms with van der Waals surface area (Å²) in [5.41, 5.74) is 1.35. The van der Waals surface area contributed by atoms with E-state index in [-0.39, 0.29) is 11.9 Å². The molecule has 1 aromatic carbocycles. The number of hydrogen-bond donors (Lipinski definition) is 2. The summed E-state index contributed by atoms with van der Waals surface area (Å²) < 4.78 is 19.2. The van der Waals surface area contributed by atoms with E-state index in [1.165, 1.54) is 44.2 Å². The van der Waals surface area contributed by atoms with Crippen LogP contribution in [-0.2, 0) is 0 Å². The third-order valence-corrected chi connectivity index (χ3v) is 6.45. The van der Waals surface area contributed by atoms with Crippen molar-refractivity contribution in [2.45, 2.75) is 63.6 Å². The van der Waals surface area contributed by atoms with Gasteiger partial charge in [-0.3, -0.25) is 0 Å². The molecule has 2 aliphatic rings. The van der Waals surface area contributed by atoms with E-state index < -0.39 is 6.10 Å². The lowest BCUT2D eigenvalue weighted by molar-refractivity contribution is 0.103. The van der Waals surface area contributed by atoms with Crippen molar-refractivity contribution in [2.75, 3.05) is 18.0 Å². The molecule has 0 spiro atoms. The number of anilines is 1. The number of benzene rings is 1. The number of nitrogens with zero attached hydrogens (tertiary/aromatic N) is 4. The number of piperidine rings is 1. The van der Waals surface area contributed by atoms with E-state index >= 15 is 0 Å². The third kappa shape index (κ3) is 4.27. The highest BCUT2D eigenvalue weighted by atomic mass is 19.1. The summed E-state index contributed by atoms with van der Waals surface area (Å²) in [7, 11) is 0. The molecule has 31 heavy (non-hydrogen) atoms. The Balaban J connectivity index is 1.43. The Morgan fingerprint density at radius 3 is 2.71 bits per heavy atom. The summed E-state index contributed by atoms with van der Waals surface area (Å²) >= 11 is 0. The molecule has 1 aliphatic carbocycles. The van der Waals surface area contributed by atoms with E-state index in [9.17, 15) is 9.50 Å². The zero-order valence-electron chi connectivity index (χ0n) is 17.7. The minimum absolute atomic E-state index is 0.0861. The van der Waals surface area contributed by atoms with Gasteiger partial charge in [0.05, 0.1) is 17.2 Å². The Morgan fingerprint density at radius 2 is 1.97 bits per heavy atom.